The lowest BCUT2D eigenvalue weighted by Gasteiger charge is -2.34. The number of amidine groups is 1. The van der Waals surface area contributed by atoms with E-state index in [1.54, 1.807) is 12.1 Å². The fraction of sp³-hybridized carbons (Fsp3) is 0.250. The van der Waals surface area contributed by atoms with Gasteiger partial charge < -0.3 is 31.9 Å². The van der Waals surface area contributed by atoms with Gasteiger partial charge >= 0.3 is 0 Å². The fourth-order valence-corrected chi connectivity index (χ4v) is 4.41. The summed E-state index contributed by atoms with van der Waals surface area (Å²) < 4.78 is 5.12. The lowest BCUT2D eigenvalue weighted by Crippen LogP contribution is -2.50. The topological polar surface area (TPSA) is 200 Å². The van der Waals surface area contributed by atoms with Gasteiger partial charge in [0.25, 0.3) is 0 Å². The van der Waals surface area contributed by atoms with Crippen LogP contribution < -0.4 is 21.9 Å². The lowest BCUT2D eigenvalue weighted by molar-refractivity contribution is -0.485. The van der Waals surface area contributed by atoms with E-state index >= 15 is 0 Å². The highest BCUT2D eigenvalue weighted by molar-refractivity contribution is 5.92. The van der Waals surface area contributed by atoms with Crippen molar-refractivity contribution >= 4 is 17.6 Å². The van der Waals surface area contributed by atoms with Gasteiger partial charge in [0, 0.05) is 6.54 Å². The molecule has 1 unspecified atom stereocenters. The number of carbonyl (C=O) groups is 2. The van der Waals surface area contributed by atoms with Crippen molar-refractivity contribution in [3.63, 3.8) is 0 Å². The Morgan fingerprint density at radius 2 is 1.57 bits per heavy atom. The number of rotatable bonds is 13. The Morgan fingerprint density at radius 1 is 1.00 bits per heavy atom. The molecular formula is C28H32N6O6. The zero-order chi connectivity index (χ0) is 29.2. The molecule has 3 rings (SSSR count). The molecule has 0 radical (unpaired) electrons. The summed E-state index contributed by atoms with van der Waals surface area (Å²) in [7, 11) is 1.41. The van der Waals surface area contributed by atoms with E-state index in [2.05, 4.69) is 5.10 Å². The summed E-state index contributed by atoms with van der Waals surface area (Å²) in [6, 6.07) is 20.6. The number of nitrogens with zero attached hydrogens (tertiary/aromatic N) is 3. The second kappa shape index (κ2) is 13.7. The standard InChI is InChI=1S/C28H32N6O6/c1-40-24-15-12-18(16-23(24)35)17-33(22(27(31)36)14-13-21(29)26(30)32-34(38)39)28(37)25(19-8-4-2-5-9-19)20-10-6-3-7-11-20/h2-12,15-16,21-22,25,35H,13-14,17,29H2,1H3,(H2,30,32)(H2,31,36)/t21?,22-/m0/s1. The van der Waals surface area contributed by atoms with Crippen LogP contribution >= 0.6 is 0 Å². The lowest BCUT2D eigenvalue weighted by atomic mass is 9.89. The Morgan fingerprint density at radius 3 is 2.05 bits per heavy atom. The number of hydrogen-bond donors (Lipinski definition) is 4. The van der Waals surface area contributed by atoms with Crippen LogP contribution in [0.2, 0.25) is 0 Å². The molecule has 0 aliphatic rings. The van der Waals surface area contributed by atoms with Gasteiger partial charge in [0.05, 0.1) is 24.2 Å². The molecule has 3 aromatic rings. The predicted molar refractivity (Wildman–Crippen MR) is 149 cm³/mol. The normalized spacial score (nSPS) is 12.9. The largest absolute Gasteiger partial charge is 0.504 e. The molecule has 12 nitrogen and oxygen atoms in total. The van der Waals surface area contributed by atoms with Gasteiger partial charge in [-0.05, 0) is 41.7 Å². The van der Waals surface area contributed by atoms with Crippen molar-refractivity contribution in [2.45, 2.75) is 37.4 Å². The SMILES string of the molecule is COc1ccc(CN(C(=O)C(c2ccccc2)c2ccccc2)[C@@H](CCC(N)C(N)=N[N+](=O)[O-])C(N)=O)cc1O. The summed E-state index contributed by atoms with van der Waals surface area (Å²) >= 11 is 0. The molecule has 0 fully saturated rings. The molecule has 12 heteroatoms. The second-order valence-corrected chi connectivity index (χ2v) is 9.09. The maximum atomic E-state index is 14.4. The van der Waals surface area contributed by atoms with Crippen LogP contribution in [-0.2, 0) is 16.1 Å². The molecule has 210 valence electrons. The number of ether oxygens (including phenoxy) is 1. The number of phenolic OH excluding ortho intramolecular Hbond substituents is 1. The van der Waals surface area contributed by atoms with Crippen molar-refractivity contribution in [1.82, 2.24) is 4.90 Å². The van der Waals surface area contributed by atoms with E-state index in [1.807, 2.05) is 60.7 Å². The van der Waals surface area contributed by atoms with Gasteiger partial charge in [0.15, 0.2) is 22.4 Å². The van der Waals surface area contributed by atoms with Crippen molar-refractivity contribution in [2.24, 2.45) is 22.3 Å². The summed E-state index contributed by atoms with van der Waals surface area (Å²) in [5.41, 5.74) is 19.3. The molecule has 0 spiro atoms. The fourth-order valence-electron chi connectivity index (χ4n) is 4.41. The molecular weight excluding hydrogens is 516 g/mol. The molecule has 0 heterocycles. The van der Waals surface area contributed by atoms with Crippen LogP contribution in [0, 0.1) is 10.1 Å². The first-order chi connectivity index (χ1) is 19.1. The molecule has 7 N–H and O–H groups in total. The molecule has 3 aromatic carbocycles. The van der Waals surface area contributed by atoms with Crippen LogP contribution in [0.5, 0.6) is 11.5 Å². The summed E-state index contributed by atoms with van der Waals surface area (Å²) in [5.74, 6) is -2.33. The second-order valence-electron chi connectivity index (χ2n) is 9.09. The first kappa shape index (κ1) is 29.6. The summed E-state index contributed by atoms with van der Waals surface area (Å²) in [5, 5.41) is 23.1. The van der Waals surface area contributed by atoms with Gasteiger partial charge in [-0.3, -0.25) is 9.59 Å². The number of methoxy groups -OCH3 is 1. The van der Waals surface area contributed by atoms with Gasteiger partial charge in [-0.25, -0.2) is 10.1 Å². The van der Waals surface area contributed by atoms with E-state index in [1.165, 1.54) is 18.1 Å². The number of benzene rings is 3. The van der Waals surface area contributed by atoms with E-state index in [4.69, 9.17) is 21.9 Å². The van der Waals surface area contributed by atoms with Crippen molar-refractivity contribution < 1.29 is 24.5 Å². The number of hydrogen-bond acceptors (Lipinski definition) is 7. The number of nitro groups is 1. The third-order valence-electron chi connectivity index (χ3n) is 6.42. The Balaban J connectivity index is 2.06. The predicted octanol–water partition coefficient (Wildman–Crippen LogP) is 2.07. The Kier molecular flexibility index (Phi) is 10.1. The molecule has 0 aromatic heterocycles. The van der Waals surface area contributed by atoms with E-state index in [0.29, 0.717) is 16.7 Å². The number of phenols is 1. The minimum absolute atomic E-state index is 0.0181. The third-order valence-corrected chi connectivity index (χ3v) is 6.42. The third kappa shape index (κ3) is 7.54. The zero-order valence-corrected chi connectivity index (χ0v) is 21.9. The average Bonchev–Trinajstić information content (AvgIpc) is 2.93. The van der Waals surface area contributed by atoms with E-state index in [-0.39, 0.29) is 30.9 Å². The highest BCUT2D eigenvalue weighted by Crippen LogP contribution is 2.31. The molecule has 0 saturated heterocycles. The number of carbonyl (C=O) groups excluding carboxylic acids is 2. The first-order valence-electron chi connectivity index (χ1n) is 12.4. The number of aromatic hydroxyl groups is 1. The molecule has 0 aliphatic heterocycles. The van der Waals surface area contributed by atoms with Gasteiger partial charge in [-0.1, -0.05) is 66.7 Å². The minimum Gasteiger partial charge on any atom is -0.504 e. The maximum absolute atomic E-state index is 14.4. The summed E-state index contributed by atoms with van der Waals surface area (Å²) in [6.07, 6.45) is -0.0651. The monoisotopic (exact) mass is 548 g/mol. The van der Waals surface area contributed by atoms with Gasteiger partial charge in [0.2, 0.25) is 11.8 Å². The van der Waals surface area contributed by atoms with Crippen LogP contribution in [0.15, 0.2) is 84.0 Å². The van der Waals surface area contributed by atoms with Gasteiger partial charge in [-0.15, -0.1) is 0 Å². The Labute approximate surface area is 231 Å². The van der Waals surface area contributed by atoms with Crippen molar-refractivity contribution in [3.8, 4) is 11.5 Å². The van der Waals surface area contributed by atoms with Crippen molar-refractivity contribution in [3.05, 3.63) is 106 Å². The Bertz CT molecular complexity index is 1310. The molecule has 0 bridgehead atoms. The highest BCUT2D eigenvalue weighted by Gasteiger charge is 2.35. The van der Waals surface area contributed by atoms with Crippen molar-refractivity contribution in [1.29, 1.82) is 0 Å². The molecule has 2 atom stereocenters. The molecule has 2 amide bonds. The van der Waals surface area contributed by atoms with Crippen LogP contribution in [0.1, 0.15) is 35.4 Å². The number of nitrogens with two attached hydrogens (primary N) is 3. The molecule has 0 saturated carbocycles. The average molecular weight is 549 g/mol. The summed E-state index contributed by atoms with van der Waals surface area (Å²) in [6.45, 7) is -0.0894. The highest BCUT2D eigenvalue weighted by atomic mass is 16.7. The minimum atomic E-state index is -1.17. The number of amides is 2. The quantitative estimate of drug-likeness (QED) is 0.108. The van der Waals surface area contributed by atoms with E-state index in [9.17, 15) is 24.8 Å². The van der Waals surface area contributed by atoms with E-state index in [0.717, 1.165) is 0 Å². The maximum Gasteiger partial charge on any atom is 0.240 e. The Hall–Kier alpha value is -4.97. The van der Waals surface area contributed by atoms with Crippen molar-refractivity contribution in [2.75, 3.05) is 7.11 Å². The molecule has 40 heavy (non-hydrogen) atoms. The van der Waals surface area contributed by atoms with E-state index < -0.39 is 40.7 Å². The van der Waals surface area contributed by atoms with Gasteiger partial charge in [0.1, 0.15) is 6.04 Å². The number of hydrazone groups is 1. The summed E-state index contributed by atoms with van der Waals surface area (Å²) in [4.78, 5) is 39.2. The first-order valence-corrected chi connectivity index (χ1v) is 12.4. The van der Waals surface area contributed by atoms with Crippen LogP contribution in [0.3, 0.4) is 0 Å². The van der Waals surface area contributed by atoms with Crippen LogP contribution in [-0.4, -0.2) is 51.9 Å². The van der Waals surface area contributed by atoms with Gasteiger partial charge in [-0.2, -0.15) is 0 Å². The van der Waals surface area contributed by atoms with Crippen LogP contribution in [0.25, 0.3) is 0 Å². The van der Waals surface area contributed by atoms with Crippen LogP contribution in [0.4, 0.5) is 0 Å². The number of primary amides is 1. The zero-order valence-electron chi connectivity index (χ0n) is 21.9. The smallest absolute Gasteiger partial charge is 0.240 e. The molecule has 0 aliphatic carbocycles.